The van der Waals surface area contributed by atoms with Crippen LogP contribution in [0.4, 0.5) is 0 Å². The molecular weight excluding hydrogens is 226 g/mol. The van der Waals surface area contributed by atoms with E-state index in [0.29, 0.717) is 31.6 Å². The highest BCUT2D eigenvalue weighted by molar-refractivity contribution is 5.83. The van der Waals surface area contributed by atoms with E-state index in [2.05, 4.69) is 27.9 Å². The predicted octanol–water partition coefficient (Wildman–Crippen LogP) is 2.80. The van der Waals surface area contributed by atoms with E-state index in [0.717, 1.165) is 17.5 Å². The molecule has 0 atom stereocenters. The lowest BCUT2D eigenvalue weighted by Crippen LogP contribution is -2.13. The fourth-order valence-corrected chi connectivity index (χ4v) is 2.00. The molecule has 18 heavy (non-hydrogen) atoms. The normalized spacial score (nSPS) is 13.0. The average molecular weight is 239 g/mol. The lowest BCUT2D eigenvalue weighted by atomic mass is 9.90. The fourth-order valence-electron chi connectivity index (χ4n) is 2.00. The highest BCUT2D eigenvalue weighted by atomic mass is 16.1. The number of nitrogens with zero attached hydrogens (tertiary/aromatic N) is 3. The van der Waals surface area contributed by atoms with Gasteiger partial charge in [-0.25, -0.2) is 0 Å². The smallest absolute Gasteiger partial charge is 0.137 e. The topological polar surface area (TPSA) is 65.8 Å². The van der Waals surface area contributed by atoms with Crippen molar-refractivity contribution in [1.29, 1.82) is 0 Å². The van der Waals surface area contributed by atoms with Crippen LogP contribution < -0.4 is 0 Å². The van der Waals surface area contributed by atoms with E-state index in [1.54, 1.807) is 0 Å². The molecular formula is C14H13N3O. The largest absolute Gasteiger partial charge is 0.299 e. The van der Waals surface area contributed by atoms with Crippen molar-refractivity contribution >= 4 is 5.78 Å². The summed E-state index contributed by atoms with van der Waals surface area (Å²) in [5.74, 6) is 6.33. The molecule has 0 fully saturated rings. The third kappa shape index (κ3) is 3.13. The summed E-state index contributed by atoms with van der Waals surface area (Å²) in [4.78, 5) is 14.0. The van der Waals surface area contributed by atoms with Gasteiger partial charge in [-0.05, 0) is 35.2 Å². The molecule has 1 aliphatic rings. The van der Waals surface area contributed by atoms with Gasteiger partial charge in [0.25, 0.3) is 0 Å². The summed E-state index contributed by atoms with van der Waals surface area (Å²) in [7, 11) is 0. The zero-order valence-electron chi connectivity index (χ0n) is 10.0. The first kappa shape index (κ1) is 12.2. The summed E-state index contributed by atoms with van der Waals surface area (Å²) in [5, 5.41) is 3.42. The highest BCUT2D eigenvalue weighted by Gasteiger charge is 2.14. The molecule has 0 saturated heterocycles. The Balaban J connectivity index is 2.07. The molecule has 4 heteroatoms. The molecule has 0 amide bonds. The van der Waals surface area contributed by atoms with Crippen LogP contribution in [0.5, 0.6) is 0 Å². The molecule has 0 radical (unpaired) electrons. The van der Waals surface area contributed by atoms with Gasteiger partial charge in [0.15, 0.2) is 0 Å². The molecule has 0 aromatic heterocycles. The average Bonchev–Trinajstić information content (AvgIpc) is 2.38. The maximum absolute atomic E-state index is 11.3. The van der Waals surface area contributed by atoms with Crippen molar-refractivity contribution in [3.8, 4) is 11.8 Å². The van der Waals surface area contributed by atoms with Crippen LogP contribution in [0.15, 0.2) is 23.3 Å². The van der Waals surface area contributed by atoms with Gasteiger partial charge in [0.05, 0.1) is 0 Å². The van der Waals surface area contributed by atoms with Crippen molar-refractivity contribution in [1.82, 2.24) is 0 Å². The molecule has 0 bridgehead atoms. The quantitative estimate of drug-likeness (QED) is 0.257. The van der Waals surface area contributed by atoms with Gasteiger partial charge >= 0.3 is 0 Å². The highest BCUT2D eigenvalue weighted by Crippen LogP contribution is 2.20. The Morgan fingerprint density at radius 1 is 1.33 bits per heavy atom. The van der Waals surface area contributed by atoms with Gasteiger partial charge in [0.2, 0.25) is 0 Å². The number of hydrogen-bond acceptors (Lipinski definition) is 2. The van der Waals surface area contributed by atoms with E-state index in [9.17, 15) is 4.79 Å². The van der Waals surface area contributed by atoms with Crippen LogP contribution in [0.1, 0.15) is 29.5 Å². The lowest BCUT2D eigenvalue weighted by Gasteiger charge is -2.14. The number of rotatable bonds is 2. The molecule has 0 saturated carbocycles. The van der Waals surface area contributed by atoms with Crippen LogP contribution in [0.2, 0.25) is 0 Å². The first-order chi connectivity index (χ1) is 8.79. The second-order valence-corrected chi connectivity index (χ2v) is 4.21. The van der Waals surface area contributed by atoms with E-state index in [1.807, 2.05) is 12.1 Å². The first-order valence-corrected chi connectivity index (χ1v) is 5.93. The van der Waals surface area contributed by atoms with Gasteiger partial charge in [0, 0.05) is 36.3 Å². The summed E-state index contributed by atoms with van der Waals surface area (Å²) in [6.45, 7) is 0.406. The Hall–Kier alpha value is -2.24. The van der Waals surface area contributed by atoms with Gasteiger partial charge in [0.1, 0.15) is 5.78 Å². The summed E-state index contributed by atoms with van der Waals surface area (Å²) in [6, 6.07) is 5.99. The van der Waals surface area contributed by atoms with Crippen molar-refractivity contribution in [3.05, 3.63) is 45.3 Å². The summed E-state index contributed by atoms with van der Waals surface area (Å²) in [5.41, 5.74) is 11.4. The van der Waals surface area contributed by atoms with Gasteiger partial charge in [-0.2, -0.15) is 0 Å². The molecule has 0 spiro atoms. The predicted molar refractivity (Wildman–Crippen MR) is 69.0 cm³/mol. The third-order valence-corrected chi connectivity index (χ3v) is 2.90. The summed E-state index contributed by atoms with van der Waals surface area (Å²) >= 11 is 0. The Morgan fingerprint density at radius 3 is 3.06 bits per heavy atom. The number of Topliss-reactive ketones (excluding diaryl/α,β-unsaturated/α-hetero) is 1. The summed E-state index contributed by atoms with van der Waals surface area (Å²) in [6.07, 6.45) is 2.59. The Morgan fingerprint density at radius 2 is 2.22 bits per heavy atom. The van der Waals surface area contributed by atoms with Gasteiger partial charge in [-0.3, -0.25) is 4.79 Å². The molecule has 2 rings (SSSR count). The molecule has 1 aliphatic carbocycles. The molecule has 1 aromatic carbocycles. The zero-order chi connectivity index (χ0) is 12.8. The Bertz CT molecular complexity index is 574. The fraction of sp³-hybridized carbons (Fsp3) is 0.357. The van der Waals surface area contributed by atoms with E-state index in [4.69, 9.17) is 5.53 Å². The van der Waals surface area contributed by atoms with Gasteiger partial charge in [-0.15, -0.1) is 0 Å². The molecule has 4 nitrogen and oxygen atoms in total. The van der Waals surface area contributed by atoms with E-state index < -0.39 is 0 Å². The van der Waals surface area contributed by atoms with Crippen LogP contribution in [0.3, 0.4) is 0 Å². The van der Waals surface area contributed by atoms with E-state index >= 15 is 0 Å². The van der Waals surface area contributed by atoms with E-state index in [-0.39, 0.29) is 0 Å². The second kappa shape index (κ2) is 5.90. The molecule has 0 heterocycles. The van der Waals surface area contributed by atoms with Crippen molar-refractivity contribution in [2.75, 3.05) is 6.54 Å². The third-order valence-electron chi connectivity index (χ3n) is 2.90. The molecule has 90 valence electrons. The van der Waals surface area contributed by atoms with E-state index in [1.165, 1.54) is 5.56 Å². The van der Waals surface area contributed by atoms with Gasteiger partial charge in [-0.1, -0.05) is 23.0 Å². The Labute approximate surface area is 106 Å². The first-order valence-electron chi connectivity index (χ1n) is 5.93. The Kier molecular flexibility index (Phi) is 4.01. The lowest BCUT2D eigenvalue weighted by molar-refractivity contribution is -0.118. The monoisotopic (exact) mass is 239 g/mol. The minimum Gasteiger partial charge on any atom is -0.299 e. The molecule has 0 aliphatic heterocycles. The number of ketones is 1. The maximum atomic E-state index is 11.3. The molecule has 0 unspecified atom stereocenters. The number of carbonyl (C=O) groups excluding carboxylic acids is 1. The van der Waals surface area contributed by atoms with Crippen LogP contribution in [0, 0.1) is 11.8 Å². The molecule has 0 N–H and O–H groups in total. The number of carbonyl (C=O) groups is 1. The van der Waals surface area contributed by atoms with Crippen LogP contribution in [-0.4, -0.2) is 12.3 Å². The SMILES string of the molecule is [N-]=[N+]=NCCC#Cc1ccc2c(c1)CCC(=O)C2. The second-order valence-electron chi connectivity index (χ2n) is 4.21. The van der Waals surface area contributed by atoms with Crippen LogP contribution >= 0.6 is 0 Å². The summed E-state index contributed by atoms with van der Waals surface area (Å²) < 4.78 is 0. The number of hydrogen-bond donors (Lipinski definition) is 0. The zero-order valence-corrected chi connectivity index (χ0v) is 10.0. The minimum absolute atomic E-state index is 0.315. The number of fused-ring (bicyclic) bond motifs is 1. The van der Waals surface area contributed by atoms with Crippen molar-refractivity contribution < 1.29 is 4.79 Å². The van der Waals surface area contributed by atoms with Crippen molar-refractivity contribution in [3.63, 3.8) is 0 Å². The number of azide groups is 1. The number of benzene rings is 1. The molecule has 1 aromatic rings. The van der Waals surface area contributed by atoms with Crippen molar-refractivity contribution in [2.24, 2.45) is 5.11 Å². The maximum Gasteiger partial charge on any atom is 0.137 e. The van der Waals surface area contributed by atoms with Crippen molar-refractivity contribution in [2.45, 2.75) is 25.7 Å². The van der Waals surface area contributed by atoms with Crippen LogP contribution in [-0.2, 0) is 17.6 Å². The van der Waals surface area contributed by atoms with Gasteiger partial charge < -0.3 is 0 Å². The standard InChI is InChI=1S/C14H13N3O/c15-17-16-8-2-1-3-11-4-5-13-10-14(18)7-6-12(13)9-11/h4-5,9H,2,6-8,10H2. The van der Waals surface area contributed by atoms with Crippen LogP contribution in [0.25, 0.3) is 10.4 Å². The number of aryl methyl sites for hydroxylation is 1. The minimum atomic E-state index is 0.315.